The summed E-state index contributed by atoms with van der Waals surface area (Å²) in [6.07, 6.45) is 2.81. The van der Waals surface area contributed by atoms with E-state index >= 15 is 0 Å². The lowest BCUT2D eigenvalue weighted by molar-refractivity contribution is 0.268. The summed E-state index contributed by atoms with van der Waals surface area (Å²) in [5.74, 6) is -0.495. The van der Waals surface area contributed by atoms with Crippen molar-refractivity contribution in [3.63, 3.8) is 0 Å². The summed E-state index contributed by atoms with van der Waals surface area (Å²) in [7, 11) is -1.95. The van der Waals surface area contributed by atoms with Crippen LogP contribution in [0.2, 0.25) is 0 Å². The van der Waals surface area contributed by atoms with Gasteiger partial charge in [0, 0.05) is 25.7 Å². The molecule has 0 spiro atoms. The van der Waals surface area contributed by atoms with E-state index in [1.807, 2.05) is 6.92 Å². The third-order valence-corrected chi connectivity index (χ3v) is 6.12. The number of benzene rings is 1. The van der Waals surface area contributed by atoms with Gasteiger partial charge < -0.3 is 4.42 Å². The molecule has 1 atom stereocenters. The minimum Gasteiger partial charge on any atom is -0.408 e. The van der Waals surface area contributed by atoms with Crippen LogP contribution in [0.25, 0.3) is 11.1 Å². The van der Waals surface area contributed by atoms with E-state index in [-0.39, 0.29) is 10.9 Å². The molecular formula is C14H18N2O4S. The number of hydrogen-bond acceptors (Lipinski definition) is 4. The van der Waals surface area contributed by atoms with Gasteiger partial charge in [0.2, 0.25) is 10.0 Å². The summed E-state index contributed by atoms with van der Waals surface area (Å²) < 4.78 is 33.4. The molecule has 114 valence electrons. The van der Waals surface area contributed by atoms with E-state index in [0.717, 1.165) is 19.3 Å². The van der Waals surface area contributed by atoms with Crippen LogP contribution in [0.5, 0.6) is 0 Å². The SMILES string of the molecule is CC1CCCCN1S(=O)(=O)c1ccc2c(c1)oc(=O)n2C. The van der Waals surface area contributed by atoms with Crippen molar-refractivity contribution in [2.75, 3.05) is 6.54 Å². The van der Waals surface area contributed by atoms with Crippen LogP contribution in [0.15, 0.2) is 32.3 Å². The normalized spacial score (nSPS) is 21.0. The lowest BCUT2D eigenvalue weighted by Gasteiger charge is -2.32. The Morgan fingerprint density at radius 1 is 1.29 bits per heavy atom. The van der Waals surface area contributed by atoms with Crippen molar-refractivity contribution in [3.05, 3.63) is 28.7 Å². The molecule has 1 aromatic carbocycles. The summed E-state index contributed by atoms with van der Waals surface area (Å²) in [6, 6.07) is 4.59. The summed E-state index contributed by atoms with van der Waals surface area (Å²) >= 11 is 0. The average molecular weight is 310 g/mol. The number of oxazole rings is 1. The Balaban J connectivity index is 2.08. The Morgan fingerprint density at radius 3 is 2.76 bits per heavy atom. The number of sulfonamides is 1. The van der Waals surface area contributed by atoms with Crippen LogP contribution in [0, 0.1) is 0 Å². The van der Waals surface area contributed by atoms with Gasteiger partial charge in [0.1, 0.15) is 0 Å². The van der Waals surface area contributed by atoms with E-state index in [9.17, 15) is 13.2 Å². The second kappa shape index (κ2) is 4.99. The summed E-state index contributed by atoms with van der Waals surface area (Å²) in [5, 5.41) is 0. The molecule has 21 heavy (non-hydrogen) atoms. The molecule has 2 aromatic rings. The number of aryl methyl sites for hydroxylation is 1. The van der Waals surface area contributed by atoms with E-state index in [1.165, 1.54) is 16.7 Å². The number of aromatic nitrogens is 1. The molecule has 0 amide bonds. The van der Waals surface area contributed by atoms with Gasteiger partial charge in [0.25, 0.3) is 0 Å². The number of fused-ring (bicyclic) bond motifs is 1. The van der Waals surface area contributed by atoms with Gasteiger partial charge in [-0.25, -0.2) is 13.2 Å². The Bertz CT molecular complexity index is 834. The molecule has 1 fully saturated rings. The predicted molar refractivity (Wildman–Crippen MR) is 78.7 cm³/mol. The first kappa shape index (κ1) is 14.3. The Labute approximate surface area is 123 Å². The van der Waals surface area contributed by atoms with E-state index in [2.05, 4.69) is 0 Å². The molecule has 6 nitrogen and oxygen atoms in total. The molecule has 2 heterocycles. The third kappa shape index (κ3) is 2.30. The van der Waals surface area contributed by atoms with Gasteiger partial charge in [-0.1, -0.05) is 6.42 Å². The van der Waals surface area contributed by atoms with Crippen molar-refractivity contribution in [2.24, 2.45) is 7.05 Å². The van der Waals surface area contributed by atoms with Crippen molar-refractivity contribution in [1.29, 1.82) is 0 Å². The maximum absolute atomic E-state index is 12.7. The Morgan fingerprint density at radius 2 is 2.05 bits per heavy atom. The number of hydrogen-bond donors (Lipinski definition) is 0. The molecule has 0 bridgehead atoms. The smallest absolute Gasteiger partial charge is 0.408 e. The van der Waals surface area contributed by atoms with Crippen molar-refractivity contribution in [3.8, 4) is 0 Å². The minimum absolute atomic E-state index is 0.00206. The molecule has 0 aliphatic carbocycles. The van der Waals surface area contributed by atoms with Crippen LogP contribution in [0.4, 0.5) is 0 Å². The van der Waals surface area contributed by atoms with E-state index in [1.54, 1.807) is 17.4 Å². The summed E-state index contributed by atoms with van der Waals surface area (Å²) in [4.78, 5) is 11.7. The average Bonchev–Trinajstić information content (AvgIpc) is 2.74. The van der Waals surface area contributed by atoms with Gasteiger partial charge in [-0.15, -0.1) is 0 Å². The van der Waals surface area contributed by atoms with Crippen LogP contribution in [-0.2, 0) is 17.1 Å². The van der Waals surface area contributed by atoms with E-state index in [0.29, 0.717) is 17.6 Å². The maximum Gasteiger partial charge on any atom is 0.419 e. The minimum atomic E-state index is -3.54. The number of piperidine rings is 1. The van der Waals surface area contributed by atoms with E-state index < -0.39 is 15.8 Å². The number of nitrogens with zero attached hydrogens (tertiary/aromatic N) is 2. The lowest BCUT2D eigenvalue weighted by atomic mass is 10.1. The molecule has 1 aromatic heterocycles. The highest BCUT2D eigenvalue weighted by molar-refractivity contribution is 7.89. The molecule has 3 rings (SSSR count). The lowest BCUT2D eigenvalue weighted by Crippen LogP contribution is -2.41. The topological polar surface area (TPSA) is 72.5 Å². The molecule has 1 saturated heterocycles. The Kier molecular flexibility index (Phi) is 3.41. The highest BCUT2D eigenvalue weighted by Crippen LogP contribution is 2.26. The van der Waals surface area contributed by atoms with Crippen molar-refractivity contribution in [1.82, 2.24) is 8.87 Å². The maximum atomic E-state index is 12.7. The fourth-order valence-corrected chi connectivity index (χ4v) is 4.55. The van der Waals surface area contributed by atoms with Gasteiger partial charge in [-0.05, 0) is 31.9 Å². The van der Waals surface area contributed by atoms with Crippen LogP contribution in [0.1, 0.15) is 26.2 Å². The second-order valence-electron chi connectivity index (χ2n) is 5.52. The predicted octanol–water partition coefficient (Wildman–Crippen LogP) is 1.69. The molecule has 7 heteroatoms. The van der Waals surface area contributed by atoms with Crippen LogP contribution in [0.3, 0.4) is 0 Å². The fourth-order valence-electron chi connectivity index (χ4n) is 2.84. The standard InChI is InChI=1S/C14H18N2O4S/c1-10-5-3-4-8-16(10)21(18,19)11-6-7-12-13(9-11)20-14(17)15(12)2/h6-7,9-10H,3-5,8H2,1-2H3. The zero-order chi connectivity index (χ0) is 15.2. The summed E-state index contributed by atoms with van der Waals surface area (Å²) in [6.45, 7) is 2.47. The highest BCUT2D eigenvalue weighted by atomic mass is 32.2. The third-order valence-electron chi connectivity index (χ3n) is 4.11. The van der Waals surface area contributed by atoms with Gasteiger partial charge >= 0.3 is 5.76 Å². The fraction of sp³-hybridized carbons (Fsp3) is 0.500. The quantitative estimate of drug-likeness (QED) is 0.846. The molecule has 0 radical (unpaired) electrons. The van der Waals surface area contributed by atoms with Crippen molar-refractivity contribution in [2.45, 2.75) is 37.1 Å². The zero-order valence-electron chi connectivity index (χ0n) is 12.1. The van der Waals surface area contributed by atoms with Gasteiger partial charge in [0.15, 0.2) is 5.58 Å². The largest absolute Gasteiger partial charge is 0.419 e. The molecule has 0 N–H and O–H groups in total. The first-order valence-electron chi connectivity index (χ1n) is 7.02. The molecule has 0 saturated carbocycles. The van der Waals surface area contributed by atoms with Crippen LogP contribution >= 0.6 is 0 Å². The first-order valence-corrected chi connectivity index (χ1v) is 8.46. The second-order valence-corrected chi connectivity index (χ2v) is 7.41. The Hall–Kier alpha value is -1.60. The zero-order valence-corrected chi connectivity index (χ0v) is 12.9. The van der Waals surface area contributed by atoms with Crippen molar-refractivity contribution >= 4 is 21.1 Å². The number of rotatable bonds is 2. The first-order chi connectivity index (χ1) is 9.91. The molecule has 1 aliphatic heterocycles. The van der Waals surface area contributed by atoms with Gasteiger partial charge in [-0.3, -0.25) is 4.57 Å². The van der Waals surface area contributed by atoms with Gasteiger partial charge in [-0.2, -0.15) is 4.31 Å². The molecule has 1 unspecified atom stereocenters. The monoisotopic (exact) mass is 310 g/mol. The molecular weight excluding hydrogens is 292 g/mol. The van der Waals surface area contributed by atoms with Crippen molar-refractivity contribution < 1.29 is 12.8 Å². The van der Waals surface area contributed by atoms with E-state index in [4.69, 9.17) is 4.42 Å². The highest BCUT2D eigenvalue weighted by Gasteiger charge is 2.31. The molecule has 1 aliphatic rings. The van der Waals surface area contributed by atoms with Crippen LogP contribution in [-0.4, -0.2) is 29.9 Å². The van der Waals surface area contributed by atoms with Gasteiger partial charge in [0.05, 0.1) is 10.4 Å². The van der Waals surface area contributed by atoms with Crippen LogP contribution < -0.4 is 5.76 Å². The summed E-state index contributed by atoms with van der Waals surface area (Å²) in [5.41, 5.74) is 0.888.